The molecule has 0 aliphatic carbocycles. The van der Waals surface area contributed by atoms with Crippen molar-refractivity contribution >= 4 is 17.4 Å². The molecule has 0 saturated carbocycles. The van der Waals surface area contributed by atoms with Crippen molar-refractivity contribution in [3.05, 3.63) is 30.3 Å². The fraction of sp³-hybridized carbons (Fsp3) is 0. The Bertz CT molecular complexity index is 152. The summed E-state index contributed by atoms with van der Waals surface area (Å²) in [6, 6.07) is 8.75. The van der Waals surface area contributed by atoms with Crippen molar-refractivity contribution in [1.29, 1.82) is 0 Å². The van der Waals surface area contributed by atoms with Crippen LogP contribution in [0.25, 0.3) is 0 Å². The van der Waals surface area contributed by atoms with Crippen LogP contribution in [-0.2, 0) is 0 Å². The maximum Gasteiger partial charge on any atom is 0.187 e. The van der Waals surface area contributed by atoms with Crippen molar-refractivity contribution in [2.24, 2.45) is 0 Å². The largest absolute Gasteiger partial charge is 0.340 e. The molecule has 2 nitrogen and oxygen atoms in total. The van der Waals surface area contributed by atoms with E-state index in [0.717, 1.165) is 0 Å². The molecule has 1 rings (SSSR count). The third-order valence-electron chi connectivity index (χ3n) is 0.849. The van der Waals surface area contributed by atoms with Crippen molar-refractivity contribution in [2.75, 3.05) is 0 Å². The Morgan fingerprint density at radius 1 is 1.11 bits per heavy atom. The molecule has 0 aromatic heterocycles. The highest BCUT2D eigenvalue weighted by Crippen LogP contribution is 2.05. The molecule has 0 fully saturated rings. The second-order valence-corrected chi connectivity index (χ2v) is 1.40. The van der Waals surface area contributed by atoms with E-state index in [1.54, 1.807) is 24.3 Å². The summed E-state index contributed by atoms with van der Waals surface area (Å²) in [6.07, 6.45) is 0. The van der Waals surface area contributed by atoms with Crippen LogP contribution >= 0.6 is 0 Å². The third kappa shape index (κ3) is 2.52. The van der Waals surface area contributed by atoms with Crippen LogP contribution in [0.1, 0.15) is 0 Å². The van der Waals surface area contributed by atoms with Crippen LogP contribution in [0.15, 0.2) is 30.3 Å². The highest BCUT2D eigenvalue weighted by Gasteiger charge is 1.82. The standard InChI is InChI=1S/C6H6O2.Al.3H/c7-8-6-4-2-1-3-5-6;;;;/h1-5,7H;;;;. The zero-order valence-electron chi connectivity index (χ0n) is 4.24. The molecule has 0 saturated heterocycles. The van der Waals surface area contributed by atoms with E-state index in [2.05, 4.69) is 4.89 Å². The average Bonchev–Trinajstić information content (AvgIpc) is 1.90. The predicted molar refractivity (Wildman–Crippen MR) is 39.6 cm³/mol. The molecule has 0 bridgehead atoms. The molecular formula is C6H9AlO2. The van der Waals surface area contributed by atoms with E-state index in [-0.39, 0.29) is 17.4 Å². The first-order valence-electron chi connectivity index (χ1n) is 2.30. The summed E-state index contributed by atoms with van der Waals surface area (Å²) in [5.74, 6) is 0.465. The summed E-state index contributed by atoms with van der Waals surface area (Å²) in [7, 11) is 0. The lowest BCUT2D eigenvalue weighted by Crippen LogP contribution is -1.79. The highest BCUT2D eigenvalue weighted by atomic mass is 27.0. The molecule has 0 atom stereocenters. The summed E-state index contributed by atoms with van der Waals surface area (Å²) >= 11 is 0. The molecule has 0 aliphatic rings. The molecule has 0 heterocycles. The minimum absolute atomic E-state index is 0. The maximum atomic E-state index is 8.04. The van der Waals surface area contributed by atoms with Crippen molar-refractivity contribution < 1.29 is 10.1 Å². The van der Waals surface area contributed by atoms with Crippen LogP contribution in [0.3, 0.4) is 0 Å². The van der Waals surface area contributed by atoms with Gasteiger partial charge >= 0.3 is 0 Å². The van der Waals surface area contributed by atoms with Crippen molar-refractivity contribution in [1.82, 2.24) is 0 Å². The van der Waals surface area contributed by atoms with E-state index in [4.69, 9.17) is 5.26 Å². The lowest BCUT2D eigenvalue weighted by Gasteiger charge is -1.90. The number of benzene rings is 1. The van der Waals surface area contributed by atoms with Gasteiger partial charge < -0.3 is 4.89 Å². The first kappa shape index (κ1) is 8.51. The van der Waals surface area contributed by atoms with E-state index in [1.165, 1.54) is 0 Å². The van der Waals surface area contributed by atoms with Crippen LogP contribution in [-0.4, -0.2) is 22.6 Å². The second-order valence-electron chi connectivity index (χ2n) is 1.40. The minimum atomic E-state index is 0. The van der Waals surface area contributed by atoms with E-state index >= 15 is 0 Å². The van der Waals surface area contributed by atoms with Crippen LogP contribution in [0.4, 0.5) is 0 Å². The normalized spacial score (nSPS) is 7.67. The lowest BCUT2D eigenvalue weighted by atomic mass is 10.3. The second kappa shape index (κ2) is 4.40. The summed E-state index contributed by atoms with van der Waals surface area (Å²) in [6.45, 7) is 0. The molecule has 0 radical (unpaired) electrons. The zero-order chi connectivity index (χ0) is 5.82. The van der Waals surface area contributed by atoms with Gasteiger partial charge in [-0.2, -0.15) is 0 Å². The Hall–Kier alpha value is -0.488. The van der Waals surface area contributed by atoms with Crippen LogP contribution in [0.2, 0.25) is 0 Å². The van der Waals surface area contributed by atoms with Crippen LogP contribution < -0.4 is 4.89 Å². The summed E-state index contributed by atoms with van der Waals surface area (Å²) < 4.78 is 0. The van der Waals surface area contributed by atoms with Crippen molar-refractivity contribution in [3.63, 3.8) is 0 Å². The fourth-order valence-electron chi connectivity index (χ4n) is 0.481. The van der Waals surface area contributed by atoms with E-state index < -0.39 is 0 Å². The summed E-state index contributed by atoms with van der Waals surface area (Å²) in [5, 5.41) is 8.04. The Balaban J connectivity index is 0.000000640. The Morgan fingerprint density at radius 2 is 1.67 bits per heavy atom. The highest BCUT2D eigenvalue weighted by molar-refractivity contribution is 5.75. The monoisotopic (exact) mass is 140 g/mol. The Kier molecular flexibility index (Phi) is 4.16. The van der Waals surface area contributed by atoms with E-state index in [9.17, 15) is 0 Å². The van der Waals surface area contributed by atoms with Gasteiger partial charge in [0.2, 0.25) is 0 Å². The van der Waals surface area contributed by atoms with Crippen LogP contribution in [0.5, 0.6) is 5.75 Å². The molecule has 1 aromatic carbocycles. The van der Waals surface area contributed by atoms with Crippen molar-refractivity contribution in [2.45, 2.75) is 0 Å². The maximum absolute atomic E-state index is 8.04. The van der Waals surface area contributed by atoms with E-state index in [0.29, 0.717) is 5.75 Å². The SMILES string of the molecule is OOc1ccccc1.[AlH3]. The predicted octanol–water partition coefficient (Wildman–Crippen LogP) is 0.354. The molecule has 0 amide bonds. The van der Waals surface area contributed by atoms with Gasteiger partial charge in [0.05, 0.1) is 0 Å². The third-order valence-corrected chi connectivity index (χ3v) is 0.849. The first-order valence-corrected chi connectivity index (χ1v) is 2.30. The average molecular weight is 140 g/mol. The molecule has 1 N–H and O–H groups in total. The number of hydrogen-bond acceptors (Lipinski definition) is 2. The Morgan fingerprint density at radius 3 is 2.00 bits per heavy atom. The van der Waals surface area contributed by atoms with Gasteiger partial charge in [-0.15, -0.1) is 0 Å². The molecule has 0 unspecified atom stereocenters. The van der Waals surface area contributed by atoms with Crippen LogP contribution in [0, 0.1) is 0 Å². The van der Waals surface area contributed by atoms with Gasteiger partial charge in [-0.25, -0.2) is 5.26 Å². The number of hydrogen-bond donors (Lipinski definition) is 1. The first-order chi connectivity index (χ1) is 3.93. The molecule has 0 spiro atoms. The quantitative estimate of drug-likeness (QED) is 0.346. The molecule has 1 aromatic rings. The summed E-state index contributed by atoms with van der Waals surface area (Å²) in [5.41, 5.74) is 0. The van der Waals surface area contributed by atoms with Crippen molar-refractivity contribution in [3.8, 4) is 5.75 Å². The van der Waals surface area contributed by atoms with Gasteiger partial charge in [0, 0.05) is 0 Å². The van der Waals surface area contributed by atoms with Gasteiger partial charge in [-0.1, -0.05) is 18.2 Å². The zero-order valence-corrected chi connectivity index (χ0v) is 4.24. The molecule has 48 valence electrons. The van der Waals surface area contributed by atoms with Gasteiger partial charge in [0.15, 0.2) is 23.1 Å². The fourth-order valence-corrected chi connectivity index (χ4v) is 0.481. The molecular weight excluding hydrogens is 131 g/mol. The number of rotatable bonds is 1. The van der Waals surface area contributed by atoms with Gasteiger partial charge in [0.25, 0.3) is 0 Å². The number of para-hydroxylation sites is 1. The van der Waals surface area contributed by atoms with Gasteiger partial charge in [0.1, 0.15) is 0 Å². The van der Waals surface area contributed by atoms with Gasteiger partial charge in [-0.3, -0.25) is 0 Å². The molecule has 3 heteroatoms. The Labute approximate surface area is 64.1 Å². The minimum Gasteiger partial charge on any atom is -0.340 e. The van der Waals surface area contributed by atoms with Gasteiger partial charge in [-0.05, 0) is 12.1 Å². The topological polar surface area (TPSA) is 29.5 Å². The molecule has 9 heavy (non-hydrogen) atoms. The lowest BCUT2D eigenvalue weighted by molar-refractivity contribution is -0.137. The van der Waals surface area contributed by atoms with E-state index in [1.807, 2.05) is 6.07 Å². The molecule has 0 aliphatic heterocycles. The smallest absolute Gasteiger partial charge is 0.187 e. The summed E-state index contributed by atoms with van der Waals surface area (Å²) in [4.78, 5) is 3.91.